The number of aromatic hydroxyl groups is 1. The molecule has 2 N–H and O–H groups in total. The number of thioether (sulfide) groups is 1. The van der Waals surface area contributed by atoms with Crippen molar-refractivity contribution in [2.24, 2.45) is 0 Å². The monoisotopic (exact) mass is 554 g/mol. The van der Waals surface area contributed by atoms with Crippen LogP contribution >= 0.6 is 34.4 Å². The van der Waals surface area contributed by atoms with Crippen LogP contribution in [-0.2, 0) is 10.5 Å². The number of hydrogen-bond donors (Lipinski definition) is 2. The topological polar surface area (TPSA) is 117 Å². The maximum Gasteiger partial charge on any atom is 0.296 e. The number of phenols is 1. The van der Waals surface area contributed by atoms with Crippen LogP contribution in [0.2, 0.25) is 0 Å². The number of aliphatic hydroxyl groups excluding tert-OH is 1. The average Bonchev–Trinajstić information content (AvgIpc) is 3.54. The Labute approximate surface area is 223 Å². The van der Waals surface area contributed by atoms with Gasteiger partial charge in [0.25, 0.3) is 5.91 Å². The lowest BCUT2D eigenvalue weighted by Crippen LogP contribution is -2.31. The van der Waals surface area contributed by atoms with E-state index in [1.165, 1.54) is 46.2 Å². The predicted molar refractivity (Wildman–Crippen MR) is 140 cm³/mol. The van der Waals surface area contributed by atoms with E-state index in [9.17, 15) is 24.2 Å². The second-order valence-electron chi connectivity index (χ2n) is 8.14. The van der Waals surface area contributed by atoms with Crippen molar-refractivity contribution in [3.05, 3.63) is 92.4 Å². The molecule has 0 spiro atoms. The highest BCUT2D eigenvalue weighted by atomic mass is 32.2. The number of phenolic OH excluding ortho intramolecular Hbond substituents is 1. The summed E-state index contributed by atoms with van der Waals surface area (Å²) in [5.74, 6) is -2.11. The zero-order valence-corrected chi connectivity index (χ0v) is 22.0. The Kier molecular flexibility index (Phi) is 6.80. The Morgan fingerprint density at radius 1 is 1.11 bits per heavy atom. The standard InChI is InChI=1S/C25H19FN4O4S3/c1-12-22(36-13(2)27-12)20(32)18-19(14-7-5-8-16(31)10-14)30(23(34)21(18)33)24-28-29-25(37-24)35-11-15-6-3-4-9-17(15)26/h3-10,19,31,33H,11H2,1-2H3. The van der Waals surface area contributed by atoms with Crippen molar-refractivity contribution >= 4 is 51.3 Å². The number of hydrogen-bond acceptors (Lipinski definition) is 10. The predicted octanol–water partition coefficient (Wildman–Crippen LogP) is 5.53. The molecule has 37 heavy (non-hydrogen) atoms. The fourth-order valence-corrected chi connectivity index (χ4v) is 6.75. The molecule has 1 unspecified atom stereocenters. The van der Waals surface area contributed by atoms with Gasteiger partial charge in [0.05, 0.1) is 27.2 Å². The molecule has 5 rings (SSSR count). The SMILES string of the molecule is Cc1nc(C)c(C(=O)C2=C(O)C(=O)N(c3nnc(SCc4ccccc4F)s3)C2c2cccc(O)c2)s1. The summed E-state index contributed by atoms with van der Waals surface area (Å²) in [6, 6.07) is 11.5. The summed E-state index contributed by atoms with van der Waals surface area (Å²) in [4.78, 5) is 32.7. The number of rotatable bonds is 7. The van der Waals surface area contributed by atoms with Crippen molar-refractivity contribution in [1.29, 1.82) is 0 Å². The molecular weight excluding hydrogens is 535 g/mol. The number of amides is 1. The third kappa shape index (κ3) is 4.75. The van der Waals surface area contributed by atoms with Gasteiger partial charge in [-0.2, -0.15) is 0 Å². The van der Waals surface area contributed by atoms with Crippen LogP contribution in [0.4, 0.5) is 9.52 Å². The van der Waals surface area contributed by atoms with Gasteiger partial charge in [0.2, 0.25) is 10.9 Å². The molecular formula is C25H19FN4O4S3. The molecule has 8 nitrogen and oxygen atoms in total. The number of aryl methyl sites for hydroxylation is 2. The molecule has 2 aromatic carbocycles. The molecule has 1 aliphatic heterocycles. The minimum atomic E-state index is -1.05. The van der Waals surface area contributed by atoms with Gasteiger partial charge in [0.15, 0.2) is 10.1 Å². The Balaban J connectivity index is 1.52. The van der Waals surface area contributed by atoms with E-state index < -0.39 is 23.5 Å². The van der Waals surface area contributed by atoms with Crippen molar-refractivity contribution in [2.75, 3.05) is 4.90 Å². The first-order chi connectivity index (χ1) is 17.7. The van der Waals surface area contributed by atoms with E-state index in [2.05, 4.69) is 15.2 Å². The molecule has 0 saturated heterocycles. The minimum absolute atomic E-state index is 0.0636. The van der Waals surface area contributed by atoms with Crippen LogP contribution < -0.4 is 4.90 Å². The highest BCUT2D eigenvalue weighted by Gasteiger charge is 2.46. The number of nitrogens with zero attached hydrogens (tertiary/aromatic N) is 4. The number of benzene rings is 2. The first-order valence-corrected chi connectivity index (χ1v) is 13.6. The van der Waals surface area contributed by atoms with E-state index in [4.69, 9.17) is 0 Å². The van der Waals surface area contributed by atoms with Gasteiger partial charge >= 0.3 is 0 Å². The number of carbonyl (C=O) groups is 2. The molecule has 4 aromatic rings. The third-order valence-corrected chi connectivity index (χ3v) is 8.84. The van der Waals surface area contributed by atoms with E-state index in [0.717, 1.165) is 11.3 Å². The number of Topliss-reactive ketones (excluding diaryl/α,β-unsaturated/α-hetero) is 1. The number of aliphatic hydroxyl groups is 1. The van der Waals surface area contributed by atoms with Gasteiger partial charge in [-0.15, -0.1) is 21.5 Å². The number of thiazole rings is 1. The maximum absolute atomic E-state index is 14.0. The lowest BCUT2D eigenvalue weighted by atomic mass is 9.95. The number of anilines is 1. The largest absolute Gasteiger partial charge is 0.508 e. The summed E-state index contributed by atoms with van der Waals surface area (Å²) < 4.78 is 14.5. The van der Waals surface area contributed by atoms with Crippen LogP contribution in [0.1, 0.15) is 37.5 Å². The summed E-state index contributed by atoms with van der Waals surface area (Å²) in [5.41, 5.74) is 1.28. The Hall–Kier alpha value is -3.61. The average molecular weight is 555 g/mol. The first kappa shape index (κ1) is 25.1. The quantitative estimate of drug-likeness (QED) is 0.174. The van der Waals surface area contributed by atoms with Gasteiger partial charge in [-0.3, -0.25) is 14.5 Å². The van der Waals surface area contributed by atoms with E-state index >= 15 is 0 Å². The summed E-state index contributed by atoms with van der Waals surface area (Å²) >= 11 is 3.51. The molecule has 2 aromatic heterocycles. The van der Waals surface area contributed by atoms with E-state index in [-0.39, 0.29) is 22.3 Å². The third-order valence-electron chi connectivity index (χ3n) is 5.66. The molecule has 3 heterocycles. The summed E-state index contributed by atoms with van der Waals surface area (Å²) in [7, 11) is 0. The van der Waals surface area contributed by atoms with E-state index in [1.54, 1.807) is 44.2 Å². The Bertz CT molecular complexity index is 1560. The molecule has 188 valence electrons. The molecule has 12 heteroatoms. The van der Waals surface area contributed by atoms with Crippen molar-refractivity contribution in [1.82, 2.24) is 15.2 Å². The molecule has 0 bridgehead atoms. The second kappa shape index (κ2) is 10.0. The lowest BCUT2D eigenvalue weighted by molar-refractivity contribution is -0.117. The molecule has 1 aliphatic rings. The summed E-state index contributed by atoms with van der Waals surface area (Å²) in [6.07, 6.45) is 0. The first-order valence-electron chi connectivity index (χ1n) is 11.0. The maximum atomic E-state index is 14.0. The lowest BCUT2D eigenvalue weighted by Gasteiger charge is -2.24. The molecule has 0 aliphatic carbocycles. The van der Waals surface area contributed by atoms with Crippen molar-refractivity contribution in [3.8, 4) is 5.75 Å². The van der Waals surface area contributed by atoms with Crippen molar-refractivity contribution in [2.45, 2.75) is 30.0 Å². The highest BCUT2D eigenvalue weighted by molar-refractivity contribution is 8.00. The fourth-order valence-electron chi connectivity index (χ4n) is 4.02. The van der Waals surface area contributed by atoms with E-state index in [1.807, 2.05) is 0 Å². The van der Waals surface area contributed by atoms with Crippen LogP contribution in [0, 0.1) is 19.7 Å². The number of aromatic nitrogens is 3. The van der Waals surface area contributed by atoms with Gasteiger partial charge in [0.1, 0.15) is 11.6 Å². The van der Waals surface area contributed by atoms with Crippen molar-refractivity contribution < 1.29 is 24.2 Å². The Morgan fingerprint density at radius 2 is 1.89 bits per heavy atom. The normalized spacial score (nSPS) is 15.6. The number of carbonyl (C=O) groups excluding carboxylic acids is 2. The molecule has 1 atom stereocenters. The van der Waals surface area contributed by atoms with Gasteiger partial charge < -0.3 is 10.2 Å². The number of halogens is 1. The molecule has 1 amide bonds. The number of ketones is 1. The Morgan fingerprint density at radius 3 is 2.59 bits per heavy atom. The second-order valence-corrected chi connectivity index (χ2v) is 11.5. The van der Waals surface area contributed by atoms with Crippen LogP contribution in [0.5, 0.6) is 5.75 Å². The highest BCUT2D eigenvalue weighted by Crippen LogP contribution is 2.45. The van der Waals surface area contributed by atoms with Gasteiger partial charge in [-0.05, 0) is 43.2 Å². The van der Waals surface area contributed by atoms with Crippen LogP contribution in [-0.4, -0.2) is 37.1 Å². The van der Waals surface area contributed by atoms with Crippen molar-refractivity contribution in [3.63, 3.8) is 0 Å². The molecule has 0 radical (unpaired) electrons. The van der Waals surface area contributed by atoms with Crippen LogP contribution in [0.25, 0.3) is 0 Å². The van der Waals surface area contributed by atoms with Gasteiger partial charge in [-0.1, -0.05) is 53.4 Å². The van der Waals surface area contributed by atoms with Gasteiger partial charge in [0, 0.05) is 5.75 Å². The summed E-state index contributed by atoms with van der Waals surface area (Å²) in [5, 5.41) is 30.1. The van der Waals surface area contributed by atoms with Crippen LogP contribution in [0.15, 0.2) is 64.2 Å². The minimum Gasteiger partial charge on any atom is -0.508 e. The van der Waals surface area contributed by atoms with Gasteiger partial charge in [-0.25, -0.2) is 9.37 Å². The summed E-state index contributed by atoms with van der Waals surface area (Å²) in [6.45, 7) is 3.46. The zero-order valence-electron chi connectivity index (χ0n) is 19.5. The van der Waals surface area contributed by atoms with E-state index in [0.29, 0.717) is 36.8 Å². The van der Waals surface area contributed by atoms with Crippen LogP contribution in [0.3, 0.4) is 0 Å². The fraction of sp³-hybridized carbons (Fsp3) is 0.160. The smallest absolute Gasteiger partial charge is 0.296 e. The molecule has 0 saturated carbocycles. The zero-order chi connectivity index (χ0) is 26.3. The molecule has 0 fully saturated rings.